The van der Waals surface area contributed by atoms with Crippen molar-refractivity contribution in [3.63, 3.8) is 0 Å². The maximum Gasteiger partial charge on any atom is 0.387 e. The molecule has 0 saturated heterocycles. The molecule has 128 valence electrons. The number of carbonyl (C=O) groups excluding carboxylic acids is 1. The highest BCUT2D eigenvalue weighted by Gasteiger charge is 2.13. The molecule has 0 aliphatic rings. The summed E-state index contributed by atoms with van der Waals surface area (Å²) in [5, 5.41) is 7.18. The number of ether oxygens (including phenoxy) is 1. The van der Waals surface area contributed by atoms with Crippen molar-refractivity contribution in [2.45, 2.75) is 6.61 Å². The Morgan fingerprint density at radius 2 is 1.96 bits per heavy atom. The molecule has 9 heteroatoms. The number of nitrogens with one attached hydrogen (secondary N) is 1. The third kappa shape index (κ3) is 4.30. The third-order valence-electron chi connectivity index (χ3n) is 3.10. The fourth-order valence-corrected chi connectivity index (χ4v) is 2.15. The summed E-state index contributed by atoms with van der Waals surface area (Å²) in [6.45, 7) is -2.94. The topological polar surface area (TPSA) is 69.0 Å². The van der Waals surface area contributed by atoms with E-state index in [0.29, 0.717) is 10.7 Å². The van der Waals surface area contributed by atoms with Gasteiger partial charge >= 0.3 is 6.61 Å². The van der Waals surface area contributed by atoms with Gasteiger partial charge in [-0.15, -0.1) is 5.10 Å². The predicted octanol–water partition coefficient (Wildman–Crippen LogP) is 3.77. The maximum absolute atomic E-state index is 12.2. The number of carbonyl (C=O) groups is 1. The van der Waals surface area contributed by atoms with Gasteiger partial charge in [-0.05, 0) is 36.4 Å². The van der Waals surface area contributed by atoms with E-state index in [9.17, 15) is 13.6 Å². The van der Waals surface area contributed by atoms with Crippen LogP contribution in [0.5, 0.6) is 5.75 Å². The van der Waals surface area contributed by atoms with Gasteiger partial charge in [0.15, 0.2) is 0 Å². The van der Waals surface area contributed by atoms with Crippen LogP contribution in [0.25, 0.3) is 5.69 Å². The van der Waals surface area contributed by atoms with E-state index in [1.807, 2.05) is 0 Å². The summed E-state index contributed by atoms with van der Waals surface area (Å²) in [6, 6.07) is 12.5. The molecule has 1 aromatic heterocycles. The molecule has 0 fully saturated rings. The number of anilines is 1. The van der Waals surface area contributed by atoms with Crippen molar-refractivity contribution in [1.29, 1.82) is 0 Å². The third-order valence-corrected chi connectivity index (χ3v) is 3.36. The summed E-state index contributed by atoms with van der Waals surface area (Å²) in [7, 11) is 0. The summed E-state index contributed by atoms with van der Waals surface area (Å²) in [4.78, 5) is 16.1. The van der Waals surface area contributed by atoms with Crippen LogP contribution in [0.3, 0.4) is 0 Å². The van der Waals surface area contributed by atoms with Gasteiger partial charge in [0.2, 0.25) is 5.82 Å². The lowest BCUT2D eigenvalue weighted by Crippen LogP contribution is -2.14. The minimum Gasteiger partial charge on any atom is -0.435 e. The molecule has 0 atom stereocenters. The number of hydrogen-bond donors (Lipinski definition) is 1. The fourth-order valence-electron chi connectivity index (χ4n) is 2.02. The molecule has 2 aromatic carbocycles. The molecule has 6 nitrogen and oxygen atoms in total. The molecular weight excluding hydrogens is 354 g/mol. The SMILES string of the molecule is O=C(Nc1cccc(OC(F)F)c1)c1ncn(-c2ccc(Cl)cc2)n1. The number of aromatic nitrogens is 3. The second-order valence-electron chi connectivity index (χ2n) is 4.85. The van der Waals surface area contributed by atoms with Gasteiger partial charge in [-0.3, -0.25) is 4.79 Å². The van der Waals surface area contributed by atoms with Crippen LogP contribution in [0.2, 0.25) is 5.02 Å². The Hall–Kier alpha value is -3.00. The van der Waals surface area contributed by atoms with Crippen molar-refractivity contribution in [3.8, 4) is 11.4 Å². The molecule has 0 saturated carbocycles. The molecule has 1 amide bonds. The molecule has 0 aliphatic carbocycles. The van der Waals surface area contributed by atoms with Crippen LogP contribution in [0.15, 0.2) is 54.9 Å². The Kier molecular flexibility index (Phi) is 4.90. The lowest BCUT2D eigenvalue weighted by Gasteiger charge is -2.07. The number of nitrogens with zero attached hydrogens (tertiary/aromatic N) is 3. The molecule has 0 bridgehead atoms. The second-order valence-corrected chi connectivity index (χ2v) is 5.29. The normalized spacial score (nSPS) is 10.7. The monoisotopic (exact) mass is 364 g/mol. The Bertz CT molecular complexity index is 884. The van der Waals surface area contributed by atoms with E-state index in [1.54, 1.807) is 24.3 Å². The highest BCUT2D eigenvalue weighted by molar-refractivity contribution is 6.30. The minimum absolute atomic E-state index is 0.0625. The van der Waals surface area contributed by atoms with Crippen molar-refractivity contribution < 1.29 is 18.3 Å². The highest BCUT2D eigenvalue weighted by atomic mass is 35.5. The van der Waals surface area contributed by atoms with Crippen molar-refractivity contribution in [3.05, 3.63) is 65.7 Å². The number of hydrogen-bond acceptors (Lipinski definition) is 4. The predicted molar refractivity (Wildman–Crippen MR) is 87.4 cm³/mol. The summed E-state index contributed by atoms with van der Waals surface area (Å²) in [6.07, 6.45) is 1.38. The summed E-state index contributed by atoms with van der Waals surface area (Å²) in [5.74, 6) is -0.718. The zero-order valence-corrected chi connectivity index (χ0v) is 13.3. The first-order valence-electron chi connectivity index (χ1n) is 7.05. The Morgan fingerprint density at radius 1 is 1.20 bits per heavy atom. The van der Waals surface area contributed by atoms with Crippen LogP contribution in [0, 0.1) is 0 Å². The summed E-state index contributed by atoms with van der Waals surface area (Å²) >= 11 is 5.82. The van der Waals surface area contributed by atoms with E-state index in [2.05, 4.69) is 20.1 Å². The van der Waals surface area contributed by atoms with Crippen LogP contribution in [-0.2, 0) is 0 Å². The van der Waals surface area contributed by atoms with E-state index in [0.717, 1.165) is 0 Å². The van der Waals surface area contributed by atoms with Gasteiger partial charge in [0.25, 0.3) is 5.91 Å². The van der Waals surface area contributed by atoms with Crippen molar-refractivity contribution in [1.82, 2.24) is 14.8 Å². The summed E-state index contributed by atoms with van der Waals surface area (Å²) in [5.41, 5.74) is 0.967. The average Bonchev–Trinajstić information content (AvgIpc) is 3.05. The van der Waals surface area contributed by atoms with Crippen LogP contribution in [0.4, 0.5) is 14.5 Å². The molecule has 3 aromatic rings. The first-order valence-corrected chi connectivity index (χ1v) is 7.43. The summed E-state index contributed by atoms with van der Waals surface area (Å²) < 4.78 is 30.2. The van der Waals surface area contributed by atoms with Crippen molar-refractivity contribution in [2.24, 2.45) is 0 Å². The van der Waals surface area contributed by atoms with E-state index >= 15 is 0 Å². The number of alkyl halides is 2. The van der Waals surface area contributed by atoms with Crippen LogP contribution in [0.1, 0.15) is 10.6 Å². The molecule has 0 aliphatic heterocycles. The largest absolute Gasteiger partial charge is 0.435 e. The van der Waals surface area contributed by atoms with Crippen LogP contribution >= 0.6 is 11.6 Å². The molecule has 25 heavy (non-hydrogen) atoms. The highest BCUT2D eigenvalue weighted by Crippen LogP contribution is 2.19. The second kappa shape index (κ2) is 7.27. The van der Waals surface area contributed by atoms with E-state index in [4.69, 9.17) is 11.6 Å². The first kappa shape index (κ1) is 16.8. The molecular formula is C16H11ClF2N4O2. The molecule has 1 N–H and O–H groups in total. The van der Waals surface area contributed by atoms with Gasteiger partial charge in [0.1, 0.15) is 12.1 Å². The number of rotatable bonds is 5. The van der Waals surface area contributed by atoms with Gasteiger partial charge < -0.3 is 10.1 Å². The standard InChI is InChI=1S/C16H11ClF2N4O2/c17-10-4-6-12(7-5-10)23-9-20-14(22-23)15(24)21-11-2-1-3-13(8-11)25-16(18)19/h1-9,16H,(H,21,24). The lowest BCUT2D eigenvalue weighted by molar-refractivity contribution is -0.0497. The van der Waals surface area contributed by atoms with E-state index in [-0.39, 0.29) is 17.3 Å². The molecule has 0 spiro atoms. The quantitative estimate of drug-likeness (QED) is 0.748. The van der Waals surface area contributed by atoms with Crippen molar-refractivity contribution in [2.75, 3.05) is 5.32 Å². The number of halogens is 3. The Labute approximate surface area is 146 Å². The zero-order valence-electron chi connectivity index (χ0n) is 12.6. The van der Waals surface area contributed by atoms with Crippen molar-refractivity contribution >= 4 is 23.2 Å². The molecule has 0 radical (unpaired) electrons. The zero-order chi connectivity index (χ0) is 17.8. The lowest BCUT2D eigenvalue weighted by atomic mass is 10.3. The molecule has 0 unspecified atom stereocenters. The maximum atomic E-state index is 12.2. The van der Waals surface area contributed by atoms with E-state index in [1.165, 1.54) is 35.3 Å². The number of benzene rings is 2. The average molecular weight is 365 g/mol. The Balaban J connectivity index is 1.73. The Morgan fingerprint density at radius 3 is 2.68 bits per heavy atom. The van der Waals surface area contributed by atoms with Gasteiger partial charge in [-0.25, -0.2) is 9.67 Å². The first-order chi connectivity index (χ1) is 12.0. The fraction of sp³-hybridized carbons (Fsp3) is 0.0625. The van der Waals surface area contributed by atoms with Gasteiger partial charge in [0, 0.05) is 16.8 Å². The van der Waals surface area contributed by atoms with Gasteiger partial charge in [-0.1, -0.05) is 17.7 Å². The van der Waals surface area contributed by atoms with Crippen LogP contribution < -0.4 is 10.1 Å². The minimum atomic E-state index is -2.94. The van der Waals surface area contributed by atoms with Gasteiger partial charge in [0.05, 0.1) is 5.69 Å². The molecule has 3 rings (SSSR count). The molecule has 1 heterocycles. The van der Waals surface area contributed by atoms with E-state index < -0.39 is 12.5 Å². The number of amides is 1. The smallest absolute Gasteiger partial charge is 0.387 e. The van der Waals surface area contributed by atoms with Gasteiger partial charge in [-0.2, -0.15) is 8.78 Å². The van der Waals surface area contributed by atoms with Crippen LogP contribution in [-0.4, -0.2) is 27.3 Å².